The summed E-state index contributed by atoms with van der Waals surface area (Å²) in [5.74, 6) is -0.326. The molecule has 0 aromatic heterocycles. The van der Waals surface area contributed by atoms with E-state index < -0.39 is 6.29 Å². The summed E-state index contributed by atoms with van der Waals surface area (Å²) >= 11 is 0. The van der Waals surface area contributed by atoms with Gasteiger partial charge in [0.1, 0.15) is 6.61 Å². The fraction of sp³-hybridized carbons (Fsp3) is 0.857. The Morgan fingerprint density at radius 1 is 1.58 bits per heavy atom. The van der Waals surface area contributed by atoms with Crippen LogP contribution in [0.4, 0.5) is 0 Å². The Labute approximate surface area is 71.6 Å². The number of nitrogens with zero attached hydrogens (tertiary/aromatic N) is 1. The van der Waals surface area contributed by atoms with Crippen molar-refractivity contribution in [3.05, 3.63) is 0 Å². The van der Waals surface area contributed by atoms with Crippen molar-refractivity contribution < 1.29 is 19.7 Å². The second kappa shape index (κ2) is 5.93. The van der Waals surface area contributed by atoms with Gasteiger partial charge in [-0.25, -0.2) is 0 Å². The molecule has 0 aromatic rings. The fourth-order valence-corrected chi connectivity index (χ4v) is 0.715. The molecule has 12 heavy (non-hydrogen) atoms. The molecule has 0 amide bonds. The molecule has 0 saturated heterocycles. The zero-order valence-electron chi connectivity index (χ0n) is 7.36. The molecule has 0 spiro atoms. The molecular weight excluding hydrogens is 162 g/mol. The summed E-state index contributed by atoms with van der Waals surface area (Å²) in [5.41, 5.74) is 0. The van der Waals surface area contributed by atoms with Gasteiger partial charge >= 0.3 is 5.97 Å². The summed E-state index contributed by atoms with van der Waals surface area (Å²) < 4.78 is 4.65. The summed E-state index contributed by atoms with van der Waals surface area (Å²) in [6, 6.07) is 0. The van der Waals surface area contributed by atoms with Crippen molar-refractivity contribution in [2.75, 3.05) is 26.7 Å². The monoisotopic (exact) mass is 177 g/mol. The summed E-state index contributed by atoms with van der Waals surface area (Å²) in [6.07, 6.45) is -1.34. The highest BCUT2D eigenvalue weighted by Gasteiger charge is 2.03. The number of carbonyl (C=O) groups excluding carboxylic acids is 1. The van der Waals surface area contributed by atoms with Crippen LogP contribution in [0, 0.1) is 0 Å². The molecule has 0 heterocycles. The lowest BCUT2D eigenvalue weighted by Crippen LogP contribution is -2.31. The summed E-state index contributed by atoms with van der Waals surface area (Å²) in [6.45, 7) is 2.26. The van der Waals surface area contributed by atoms with Gasteiger partial charge in [0, 0.05) is 20.0 Å². The number of aliphatic hydroxyl groups excluding tert-OH is 1. The van der Waals surface area contributed by atoms with Crippen LogP contribution in [0.25, 0.3) is 0 Å². The number of ether oxygens (including phenoxy) is 1. The molecule has 0 bridgehead atoms. The van der Waals surface area contributed by atoms with E-state index in [0.717, 1.165) is 0 Å². The van der Waals surface area contributed by atoms with Crippen molar-refractivity contribution in [1.29, 1.82) is 0 Å². The molecule has 0 aliphatic rings. The topological polar surface area (TPSA) is 70.0 Å². The van der Waals surface area contributed by atoms with E-state index in [1.807, 2.05) is 0 Å². The Bertz CT molecular complexity index is 137. The zero-order chi connectivity index (χ0) is 9.56. The van der Waals surface area contributed by atoms with Crippen molar-refractivity contribution in [3.63, 3.8) is 0 Å². The van der Waals surface area contributed by atoms with E-state index in [2.05, 4.69) is 4.74 Å². The van der Waals surface area contributed by atoms with Gasteiger partial charge in [-0.2, -0.15) is 0 Å². The molecule has 0 unspecified atom stereocenters. The van der Waals surface area contributed by atoms with Crippen molar-refractivity contribution in [1.82, 2.24) is 4.90 Å². The Morgan fingerprint density at radius 3 is 2.58 bits per heavy atom. The lowest BCUT2D eigenvalue weighted by Gasteiger charge is -2.16. The Morgan fingerprint density at radius 2 is 2.17 bits per heavy atom. The lowest BCUT2D eigenvalue weighted by molar-refractivity contribution is -0.141. The third-order valence-electron chi connectivity index (χ3n) is 1.25. The molecule has 0 rings (SSSR count). The number of hydrogen-bond acceptors (Lipinski definition) is 5. The van der Waals surface area contributed by atoms with Crippen molar-refractivity contribution >= 4 is 5.97 Å². The average molecular weight is 177 g/mol. The highest BCUT2D eigenvalue weighted by Crippen LogP contribution is 1.86. The first-order valence-electron chi connectivity index (χ1n) is 3.70. The summed E-state index contributed by atoms with van der Waals surface area (Å²) in [5, 5.41) is 17.1. The van der Waals surface area contributed by atoms with Gasteiger partial charge in [0.25, 0.3) is 0 Å². The Hall–Kier alpha value is -0.650. The van der Waals surface area contributed by atoms with Gasteiger partial charge < -0.3 is 14.9 Å². The van der Waals surface area contributed by atoms with Gasteiger partial charge in [0.2, 0.25) is 0 Å². The standard InChI is InChI=1S/C7H15NO4/c1-6(9)12-4-3-8(2)5-7(10)11/h7,10-11H,3-5H2,1-2H3. The number of aliphatic hydroxyl groups is 2. The predicted octanol–water partition coefficient (Wildman–Crippen LogP) is -1.21. The maximum Gasteiger partial charge on any atom is 0.302 e. The van der Waals surface area contributed by atoms with Crippen LogP contribution in [0.3, 0.4) is 0 Å². The van der Waals surface area contributed by atoms with E-state index in [9.17, 15) is 4.79 Å². The minimum Gasteiger partial charge on any atom is -0.465 e. The molecule has 0 saturated carbocycles. The van der Waals surface area contributed by atoms with Crippen LogP contribution in [0.1, 0.15) is 6.92 Å². The van der Waals surface area contributed by atoms with Crippen LogP contribution < -0.4 is 0 Å². The van der Waals surface area contributed by atoms with E-state index in [-0.39, 0.29) is 19.1 Å². The van der Waals surface area contributed by atoms with Gasteiger partial charge in [-0.05, 0) is 7.05 Å². The number of hydrogen-bond donors (Lipinski definition) is 2. The Kier molecular flexibility index (Phi) is 5.61. The Balaban J connectivity index is 3.31. The summed E-state index contributed by atoms with van der Waals surface area (Å²) in [4.78, 5) is 12.0. The first kappa shape index (κ1) is 11.4. The van der Waals surface area contributed by atoms with E-state index in [0.29, 0.717) is 6.54 Å². The molecule has 72 valence electrons. The van der Waals surface area contributed by atoms with E-state index >= 15 is 0 Å². The minimum absolute atomic E-state index is 0.154. The van der Waals surface area contributed by atoms with Crippen LogP contribution in [0.15, 0.2) is 0 Å². The maximum atomic E-state index is 10.3. The zero-order valence-corrected chi connectivity index (χ0v) is 7.36. The average Bonchev–Trinajstić information content (AvgIpc) is 1.84. The summed E-state index contributed by atoms with van der Waals surface area (Å²) in [7, 11) is 1.71. The van der Waals surface area contributed by atoms with Crippen LogP contribution in [0.2, 0.25) is 0 Å². The molecule has 0 aliphatic carbocycles. The van der Waals surface area contributed by atoms with E-state index in [1.54, 1.807) is 11.9 Å². The van der Waals surface area contributed by atoms with Gasteiger partial charge in [0.05, 0.1) is 0 Å². The van der Waals surface area contributed by atoms with Gasteiger partial charge in [-0.15, -0.1) is 0 Å². The number of likely N-dealkylation sites (N-methyl/N-ethyl adjacent to an activating group) is 1. The third kappa shape index (κ3) is 7.46. The van der Waals surface area contributed by atoms with Crippen molar-refractivity contribution in [2.45, 2.75) is 13.2 Å². The quantitative estimate of drug-likeness (QED) is 0.407. The molecule has 0 aliphatic heterocycles. The van der Waals surface area contributed by atoms with Crippen molar-refractivity contribution in [2.24, 2.45) is 0 Å². The SMILES string of the molecule is CC(=O)OCCN(C)CC(O)O. The second-order valence-corrected chi connectivity index (χ2v) is 2.58. The van der Waals surface area contributed by atoms with Crippen LogP contribution in [0.5, 0.6) is 0 Å². The third-order valence-corrected chi connectivity index (χ3v) is 1.25. The number of rotatable bonds is 5. The van der Waals surface area contributed by atoms with E-state index in [4.69, 9.17) is 10.2 Å². The van der Waals surface area contributed by atoms with Crippen LogP contribution in [-0.4, -0.2) is 54.1 Å². The lowest BCUT2D eigenvalue weighted by atomic mass is 10.5. The smallest absolute Gasteiger partial charge is 0.302 e. The molecule has 5 nitrogen and oxygen atoms in total. The van der Waals surface area contributed by atoms with Crippen molar-refractivity contribution in [3.8, 4) is 0 Å². The van der Waals surface area contributed by atoms with Gasteiger partial charge in [-0.3, -0.25) is 9.69 Å². The molecule has 0 fully saturated rings. The largest absolute Gasteiger partial charge is 0.465 e. The first-order chi connectivity index (χ1) is 5.52. The normalized spacial score (nSPS) is 10.8. The number of esters is 1. The molecule has 0 radical (unpaired) electrons. The minimum atomic E-state index is -1.34. The highest BCUT2D eigenvalue weighted by atomic mass is 16.5. The first-order valence-corrected chi connectivity index (χ1v) is 3.70. The molecule has 0 aromatic carbocycles. The molecular formula is C7H15NO4. The molecule has 5 heteroatoms. The van der Waals surface area contributed by atoms with Gasteiger partial charge in [0.15, 0.2) is 6.29 Å². The second-order valence-electron chi connectivity index (χ2n) is 2.58. The van der Waals surface area contributed by atoms with Gasteiger partial charge in [-0.1, -0.05) is 0 Å². The predicted molar refractivity (Wildman–Crippen MR) is 42.4 cm³/mol. The molecule has 2 N–H and O–H groups in total. The van der Waals surface area contributed by atoms with Crippen LogP contribution >= 0.6 is 0 Å². The van der Waals surface area contributed by atoms with E-state index in [1.165, 1.54) is 6.92 Å². The maximum absolute atomic E-state index is 10.3. The highest BCUT2D eigenvalue weighted by molar-refractivity contribution is 5.65. The fourth-order valence-electron chi connectivity index (χ4n) is 0.715. The number of carbonyl (C=O) groups is 1. The molecule has 0 atom stereocenters. The van der Waals surface area contributed by atoms with Crippen LogP contribution in [-0.2, 0) is 9.53 Å².